The summed E-state index contributed by atoms with van der Waals surface area (Å²) >= 11 is 0. The van der Waals surface area contributed by atoms with Gasteiger partial charge in [0.2, 0.25) is 0 Å². The van der Waals surface area contributed by atoms with Crippen LogP contribution in [0.3, 0.4) is 0 Å². The summed E-state index contributed by atoms with van der Waals surface area (Å²) in [7, 11) is 0. The molecule has 20 heavy (non-hydrogen) atoms. The molecule has 0 aliphatic carbocycles. The number of nitrogens with zero attached hydrogens (tertiary/aromatic N) is 1. The van der Waals surface area contributed by atoms with Crippen LogP contribution in [0, 0.1) is 0 Å². The summed E-state index contributed by atoms with van der Waals surface area (Å²) in [5.74, 6) is -0.867. The van der Waals surface area contributed by atoms with Crippen molar-refractivity contribution < 1.29 is 9.90 Å². The van der Waals surface area contributed by atoms with Gasteiger partial charge in [0.1, 0.15) is 0 Å². The molecule has 1 saturated heterocycles. The maximum atomic E-state index is 11.4. The molecule has 0 bridgehead atoms. The second kappa shape index (κ2) is 4.51. The highest BCUT2D eigenvalue weighted by Gasteiger charge is 2.33. The van der Waals surface area contributed by atoms with Crippen molar-refractivity contribution in [2.45, 2.75) is 32.2 Å². The number of hydrogen-bond donors (Lipinski definition) is 1. The van der Waals surface area contributed by atoms with Gasteiger partial charge in [0.15, 0.2) is 0 Å². The maximum Gasteiger partial charge on any atom is 0.336 e. The molecule has 0 unspecified atom stereocenters. The fourth-order valence-electron chi connectivity index (χ4n) is 3.26. The first kappa shape index (κ1) is 13.0. The predicted octanol–water partition coefficient (Wildman–Crippen LogP) is 3.92. The van der Waals surface area contributed by atoms with Gasteiger partial charge in [-0.2, -0.15) is 0 Å². The van der Waals surface area contributed by atoms with Gasteiger partial charge in [-0.3, -0.25) is 0 Å². The van der Waals surface area contributed by atoms with E-state index in [0.717, 1.165) is 23.0 Å². The second-order valence-corrected chi connectivity index (χ2v) is 6.05. The first-order chi connectivity index (χ1) is 9.50. The monoisotopic (exact) mass is 269 g/mol. The van der Waals surface area contributed by atoms with E-state index < -0.39 is 5.97 Å². The minimum Gasteiger partial charge on any atom is -0.478 e. The lowest BCUT2D eigenvalue weighted by Gasteiger charge is -2.34. The highest BCUT2D eigenvalue weighted by molar-refractivity contribution is 6.08. The van der Waals surface area contributed by atoms with Crippen LogP contribution in [0.5, 0.6) is 0 Å². The van der Waals surface area contributed by atoms with E-state index in [1.165, 1.54) is 12.8 Å². The van der Waals surface area contributed by atoms with Gasteiger partial charge in [0.25, 0.3) is 0 Å². The highest BCUT2D eigenvalue weighted by Crippen LogP contribution is 2.38. The average molecular weight is 269 g/mol. The molecule has 1 fully saturated rings. The maximum absolute atomic E-state index is 11.4. The van der Waals surface area contributed by atoms with Crippen molar-refractivity contribution in [3.8, 4) is 0 Å². The Balaban J connectivity index is 2.23. The first-order valence-electron chi connectivity index (χ1n) is 7.03. The smallest absolute Gasteiger partial charge is 0.336 e. The number of carboxylic acid groups (broad SMARTS) is 1. The summed E-state index contributed by atoms with van der Waals surface area (Å²) in [5, 5.41) is 11.2. The summed E-state index contributed by atoms with van der Waals surface area (Å²) in [6, 6.07) is 11.5. The van der Waals surface area contributed by atoms with Gasteiger partial charge in [-0.1, -0.05) is 24.3 Å². The Bertz CT molecular complexity index is 676. The van der Waals surface area contributed by atoms with Gasteiger partial charge < -0.3 is 10.0 Å². The van der Waals surface area contributed by atoms with Crippen molar-refractivity contribution in [1.82, 2.24) is 0 Å². The lowest BCUT2D eigenvalue weighted by Crippen LogP contribution is -2.38. The molecule has 0 atom stereocenters. The van der Waals surface area contributed by atoms with Crippen LogP contribution in [-0.4, -0.2) is 23.2 Å². The largest absolute Gasteiger partial charge is 0.478 e. The molecular formula is C17H19NO2. The molecule has 2 aromatic rings. The van der Waals surface area contributed by atoms with Crippen LogP contribution in [0.4, 0.5) is 5.69 Å². The van der Waals surface area contributed by atoms with Gasteiger partial charge in [-0.15, -0.1) is 0 Å². The van der Waals surface area contributed by atoms with Gasteiger partial charge in [-0.25, -0.2) is 4.79 Å². The van der Waals surface area contributed by atoms with Crippen LogP contribution in [0.25, 0.3) is 10.8 Å². The average Bonchev–Trinajstić information content (AvgIpc) is 2.76. The Morgan fingerprint density at radius 3 is 2.45 bits per heavy atom. The van der Waals surface area contributed by atoms with Crippen LogP contribution in [-0.2, 0) is 0 Å². The van der Waals surface area contributed by atoms with Crippen molar-refractivity contribution >= 4 is 22.4 Å². The predicted molar refractivity (Wildman–Crippen MR) is 81.6 cm³/mol. The normalized spacial score (nSPS) is 17.6. The number of carbonyl (C=O) groups is 1. The third-order valence-corrected chi connectivity index (χ3v) is 4.32. The summed E-state index contributed by atoms with van der Waals surface area (Å²) in [4.78, 5) is 13.8. The van der Waals surface area contributed by atoms with Crippen molar-refractivity contribution in [2.75, 3.05) is 11.4 Å². The molecule has 3 rings (SSSR count). The molecule has 3 heteroatoms. The van der Waals surface area contributed by atoms with Gasteiger partial charge in [0, 0.05) is 23.2 Å². The topological polar surface area (TPSA) is 40.5 Å². The van der Waals surface area contributed by atoms with E-state index in [9.17, 15) is 9.90 Å². The van der Waals surface area contributed by atoms with Crippen LogP contribution in [0.2, 0.25) is 0 Å². The Labute approximate surface area is 118 Å². The van der Waals surface area contributed by atoms with Crippen molar-refractivity contribution in [3.05, 3.63) is 42.0 Å². The molecule has 0 radical (unpaired) electrons. The first-order valence-corrected chi connectivity index (χ1v) is 7.03. The van der Waals surface area contributed by atoms with Crippen molar-refractivity contribution in [3.63, 3.8) is 0 Å². The number of carboxylic acids is 1. The quantitative estimate of drug-likeness (QED) is 0.898. The van der Waals surface area contributed by atoms with E-state index in [2.05, 4.69) is 18.7 Å². The molecule has 104 valence electrons. The lowest BCUT2D eigenvalue weighted by molar-refractivity contribution is 0.0699. The van der Waals surface area contributed by atoms with E-state index in [1.807, 2.05) is 30.3 Å². The summed E-state index contributed by atoms with van der Waals surface area (Å²) in [6.07, 6.45) is 2.35. The number of anilines is 1. The number of rotatable bonds is 2. The Morgan fingerprint density at radius 1 is 1.15 bits per heavy atom. The zero-order valence-electron chi connectivity index (χ0n) is 11.9. The molecule has 3 nitrogen and oxygen atoms in total. The summed E-state index contributed by atoms with van der Waals surface area (Å²) in [5.41, 5.74) is 1.66. The van der Waals surface area contributed by atoms with Gasteiger partial charge in [-0.05, 0) is 44.2 Å². The molecule has 0 spiro atoms. The van der Waals surface area contributed by atoms with Crippen LogP contribution < -0.4 is 4.90 Å². The molecule has 2 aromatic carbocycles. The number of fused-ring (bicyclic) bond motifs is 1. The minimum absolute atomic E-state index is 0.132. The van der Waals surface area contributed by atoms with E-state index in [1.54, 1.807) is 6.07 Å². The Morgan fingerprint density at radius 2 is 1.85 bits per heavy atom. The zero-order chi connectivity index (χ0) is 14.3. The molecule has 1 N–H and O–H groups in total. The van der Waals surface area contributed by atoms with Gasteiger partial charge in [0.05, 0.1) is 5.56 Å². The van der Waals surface area contributed by atoms with Crippen LogP contribution in [0.1, 0.15) is 37.0 Å². The fourth-order valence-corrected chi connectivity index (χ4v) is 3.26. The number of benzene rings is 2. The van der Waals surface area contributed by atoms with Gasteiger partial charge >= 0.3 is 5.97 Å². The SMILES string of the molecule is CC1(C)CCCN1c1ccc(C(=O)O)c2ccccc12. The number of hydrogen-bond acceptors (Lipinski definition) is 2. The zero-order valence-corrected chi connectivity index (χ0v) is 11.9. The third-order valence-electron chi connectivity index (χ3n) is 4.32. The molecule has 0 saturated carbocycles. The molecule has 0 amide bonds. The van der Waals surface area contributed by atoms with Crippen molar-refractivity contribution in [1.29, 1.82) is 0 Å². The molecular weight excluding hydrogens is 250 g/mol. The van der Waals surface area contributed by atoms with E-state index in [0.29, 0.717) is 5.56 Å². The second-order valence-electron chi connectivity index (χ2n) is 6.05. The third kappa shape index (κ3) is 1.94. The standard InChI is InChI=1S/C17H19NO2/c1-17(2)10-5-11-18(17)15-9-8-14(16(19)20)12-6-3-4-7-13(12)15/h3-4,6-9H,5,10-11H2,1-2H3,(H,19,20). The highest BCUT2D eigenvalue weighted by atomic mass is 16.4. The summed E-state index contributed by atoms with van der Waals surface area (Å²) < 4.78 is 0. The molecule has 1 aliphatic heterocycles. The van der Waals surface area contributed by atoms with Crippen molar-refractivity contribution in [2.24, 2.45) is 0 Å². The molecule has 0 aromatic heterocycles. The van der Waals surface area contributed by atoms with Crippen LogP contribution >= 0.6 is 0 Å². The molecule has 1 aliphatic rings. The van der Waals surface area contributed by atoms with Crippen LogP contribution in [0.15, 0.2) is 36.4 Å². The summed E-state index contributed by atoms with van der Waals surface area (Å²) in [6.45, 7) is 5.53. The minimum atomic E-state index is -0.867. The molecule has 1 heterocycles. The lowest BCUT2D eigenvalue weighted by atomic mass is 9.98. The van der Waals surface area contributed by atoms with E-state index in [4.69, 9.17) is 0 Å². The number of aromatic carboxylic acids is 1. The Kier molecular flexibility index (Phi) is 2.93. The Hall–Kier alpha value is -2.03. The fraction of sp³-hybridized carbons (Fsp3) is 0.353. The van der Waals surface area contributed by atoms with E-state index >= 15 is 0 Å². The van der Waals surface area contributed by atoms with E-state index in [-0.39, 0.29) is 5.54 Å².